The Morgan fingerprint density at radius 3 is 1.55 bits per heavy atom. The summed E-state index contributed by atoms with van der Waals surface area (Å²) in [6, 6.07) is 18.4. The molecule has 0 amide bonds. The number of rotatable bonds is 7. The number of hydrogen-bond donors (Lipinski definition) is 1. The molecule has 2 aliphatic rings. The van der Waals surface area contributed by atoms with Gasteiger partial charge in [0.25, 0.3) is 0 Å². The van der Waals surface area contributed by atoms with Crippen LogP contribution in [0.5, 0.6) is 0 Å². The maximum atomic E-state index is 7.36. The Morgan fingerprint density at radius 2 is 1.10 bits per heavy atom. The van der Waals surface area contributed by atoms with Crippen LogP contribution in [0.4, 0.5) is 5.82 Å². The molecule has 3 aromatic rings. The molecule has 2 fully saturated rings. The van der Waals surface area contributed by atoms with Crippen LogP contribution in [0.1, 0.15) is 22.3 Å². The van der Waals surface area contributed by atoms with E-state index in [0.717, 1.165) is 82.4 Å². The number of anilines is 1. The van der Waals surface area contributed by atoms with Gasteiger partial charge in [-0.15, -0.1) is 13.1 Å². The number of aromatic nitrogens is 2. The van der Waals surface area contributed by atoms with Gasteiger partial charge in [-0.25, -0.2) is 9.97 Å². The smallest absolute Gasteiger partial charge is 0.225 e. The van der Waals surface area contributed by atoms with Crippen molar-refractivity contribution in [3.63, 3.8) is 0 Å². The van der Waals surface area contributed by atoms with Crippen molar-refractivity contribution in [3.8, 4) is 0 Å². The maximum Gasteiger partial charge on any atom is 0.225 e. The van der Waals surface area contributed by atoms with Gasteiger partial charge in [-0.2, -0.15) is 0 Å². The molecule has 0 bridgehead atoms. The molecule has 8 nitrogen and oxygen atoms in total. The minimum atomic E-state index is 0. The van der Waals surface area contributed by atoms with Crippen LogP contribution in [0, 0.1) is 88.1 Å². The molecule has 2 radical (unpaired) electrons. The van der Waals surface area contributed by atoms with Crippen LogP contribution in [0.15, 0.2) is 54.6 Å². The zero-order valence-corrected chi connectivity index (χ0v) is 33.8. The van der Waals surface area contributed by atoms with E-state index >= 15 is 0 Å². The fourth-order valence-electron chi connectivity index (χ4n) is 4.59. The van der Waals surface area contributed by atoms with Crippen LogP contribution in [0.3, 0.4) is 0 Å². The molecule has 0 aliphatic carbocycles. The average molecular weight is 1010 g/mol. The molecule has 5 rings (SSSR count). The van der Waals surface area contributed by atoms with E-state index in [1.54, 1.807) is 6.07 Å². The summed E-state index contributed by atoms with van der Waals surface area (Å²) in [5, 5.41) is 3.91. The molecule has 1 aromatic heterocycles. The number of hydrogen-bond acceptors (Lipinski definition) is 6. The molecule has 12 heteroatoms. The van der Waals surface area contributed by atoms with E-state index in [-0.39, 0.29) is 93.4 Å². The van der Waals surface area contributed by atoms with Crippen LogP contribution in [0.25, 0.3) is 11.5 Å². The van der Waals surface area contributed by atoms with Gasteiger partial charge >= 0.3 is 0 Å². The number of benzene rings is 2. The van der Waals surface area contributed by atoms with Gasteiger partial charge in [-0.1, -0.05) is 71.3 Å². The molecule has 210 valence electrons. The molecular formula is C28H36Ac2Cl2N8-2. The number of nitrogens with one attached hydrogen (secondary N) is 3. The van der Waals surface area contributed by atoms with Crippen LogP contribution in [-0.2, 0) is 26.2 Å². The topological polar surface area (TPSA) is 95.1 Å². The van der Waals surface area contributed by atoms with Gasteiger partial charge in [-0.05, 0) is 22.7 Å². The Labute approximate surface area is 320 Å². The standard InChI is InChI=1S/C16H18Cl2N5.C12H18N3.2Ac/c17-14-9-15(21-16(18)20-14)23-7-5-22(6-8-23)11-13-3-1-12(10-19)2-4-13;13-9-11-1-3-12(4-2-11)10-15-7-5-14-6-8-15;;/h1-4,9,19H,5-8,10-11H2;1-4,13-14H,5-10H2;;/q2*-1;;. The van der Waals surface area contributed by atoms with Gasteiger partial charge in [-0.3, -0.25) is 9.80 Å². The summed E-state index contributed by atoms with van der Waals surface area (Å²) in [6.45, 7) is 10.9. The van der Waals surface area contributed by atoms with E-state index in [9.17, 15) is 0 Å². The molecule has 0 atom stereocenters. The van der Waals surface area contributed by atoms with Gasteiger partial charge in [0.15, 0.2) is 0 Å². The fraction of sp³-hybridized carbons (Fsp3) is 0.429. The second-order valence-electron chi connectivity index (χ2n) is 9.59. The molecule has 2 saturated heterocycles. The predicted molar refractivity (Wildman–Crippen MR) is 157 cm³/mol. The van der Waals surface area contributed by atoms with E-state index in [0.29, 0.717) is 18.2 Å². The summed E-state index contributed by atoms with van der Waals surface area (Å²) in [5.74, 6) is 0.787. The van der Waals surface area contributed by atoms with Crippen molar-refractivity contribution in [2.75, 3.05) is 57.3 Å². The third-order valence-corrected chi connectivity index (χ3v) is 7.19. The van der Waals surface area contributed by atoms with Gasteiger partial charge in [0.2, 0.25) is 5.28 Å². The number of piperazine rings is 2. The third-order valence-electron chi connectivity index (χ3n) is 6.83. The van der Waals surface area contributed by atoms with Crippen molar-refractivity contribution < 1.29 is 88.1 Å². The van der Waals surface area contributed by atoms with E-state index < -0.39 is 0 Å². The normalized spacial score (nSPS) is 15.8. The zero-order valence-electron chi connectivity index (χ0n) is 22.8. The second kappa shape index (κ2) is 19.8. The summed E-state index contributed by atoms with van der Waals surface area (Å²) >= 11 is 11.8. The van der Waals surface area contributed by atoms with E-state index in [1.807, 2.05) is 12.1 Å². The first-order valence-corrected chi connectivity index (χ1v) is 13.8. The average Bonchev–Trinajstić information content (AvgIpc) is 2.95. The molecule has 2 aliphatic heterocycles. The summed E-state index contributed by atoms with van der Waals surface area (Å²) in [7, 11) is 0. The van der Waals surface area contributed by atoms with Crippen LogP contribution in [0.2, 0.25) is 10.4 Å². The fourth-order valence-corrected chi connectivity index (χ4v) is 4.99. The molecule has 3 N–H and O–H groups in total. The Balaban J connectivity index is 0.000000288. The van der Waals surface area contributed by atoms with E-state index in [2.05, 4.69) is 66.4 Å². The predicted octanol–water partition coefficient (Wildman–Crippen LogP) is 5.30. The van der Waals surface area contributed by atoms with Crippen molar-refractivity contribution in [2.24, 2.45) is 0 Å². The Hall–Kier alpha value is 0.583. The SMILES string of the molecule is [Ac].[Ac].[NH-]Cc1ccc(CN2CCN(c3cc(Cl)nc(Cl)n3)CC2)cc1.[NH-]Cc1ccc(CN2CCNCC2)cc1. The number of nitrogens with zero attached hydrogens (tertiary/aromatic N) is 5. The van der Waals surface area contributed by atoms with Gasteiger partial charge in [0.1, 0.15) is 11.0 Å². The Kier molecular flexibility index (Phi) is 18.2. The van der Waals surface area contributed by atoms with Crippen LogP contribution >= 0.6 is 23.2 Å². The summed E-state index contributed by atoms with van der Waals surface area (Å²) in [5.41, 5.74) is 19.4. The minimum absolute atomic E-state index is 0. The molecule has 0 unspecified atom stereocenters. The monoisotopic (exact) mass is 1010 g/mol. The maximum absolute atomic E-state index is 7.36. The minimum Gasteiger partial charge on any atom is -0.674 e. The van der Waals surface area contributed by atoms with Gasteiger partial charge < -0.3 is 21.7 Å². The van der Waals surface area contributed by atoms with Crippen molar-refractivity contribution in [1.29, 1.82) is 0 Å². The second-order valence-corrected chi connectivity index (χ2v) is 10.3. The number of halogens is 2. The van der Waals surface area contributed by atoms with Gasteiger partial charge in [0.05, 0.1) is 0 Å². The first-order chi connectivity index (χ1) is 18.5. The van der Waals surface area contributed by atoms with Crippen molar-refractivity contribution in [2.45, 2.75) is 26.2 Å². The molecule has 0 spiro atoms. The van der Waals surface area contributed by atoms with Crippen molar-refractivity contribution in [1.82, 2.24) is 25.1 Å². The van der Waals surface area contributed by atoms with Crippen LogP contribution < -0.4 is 10.2 Å². The molecule has 40 heavy (non-hydrogen) atoms. The van der Waals surface area contributed by atoms with Crippen molar-refractivity contribution in [3.05, 3.63) is 98.8 Å². The third kappa shape index (κ3) is 12.3. The van der Waals surface area contributed by atoms with E-state index in [1.165, 1.54) is 11.1 Å². The van der Waals surface area contributed by atoms with Crippen molar-refractivity contribution >= 4 is 29.0 Å². The zero-order chi connectivity index (χ0) is 26.7. The van der Waals surface area contributed by atoms with Crippen LogP contribution in [-0.4, -0.2) is 72.1 Å². The molecule has 3 heterocycles. The summed E-state index contributed by atoms with van der Waals surface area (Å²) in [4.78, 5) is 15.2. The van der Waals surface area contributed by atoms with E-state index in [4.69, 9.17) is 34.7 Å². The molecule has 2 aromatic carbocycles. The molecule has 0 saturated carbocycles. The van der Waals surface area contributed by atoms with Gasteiger partial charge in [0, 0.05) is 160 Å². The molecular weight excluding hydrogens is 973 g/mol. The largest absolute Gasteiger partial charge is 0.674 e. The summed E-state index contributed by atoms with van der Waals surface area (Å²) in [6.07, 6.45) is 0. The quantitative estimate of drug-likeness (QED) is 0.255. The summed E-state index contributed by atoms with van der Waals surface area (Å²) < 4.78 is 0. The Morgan fingerprint density at radius 1 is 0.650 bits per heavy atom. The Bertz CT molecular complexity index is 1100. The first kappa shape index (κ1) is 36.8. The first-order valence-electron chi connectivity index (χ1n) is 13.1.